The van der Waals surface area contributed by atoms with Crippen LogP contribution in [0.4, 0.5) is 11.4 Å². The summed E-state index contributed by atoms with van der Waals surface area (Å²) in [6.07, 6.45) is 7.31. The quantitative estimate of drug-likeness (QED) is 0.522. The van der Waals surface area contributed by atoms with Crippen LogP contribution in [0.2, 0.25) is 10.0 Å². The number of hydrogen-bond acceptors (Lipinski definition) is 7. The number of nitrogens with zero attached hydrogens (tertiary/aromatic N) is 4. The number of anilines is 2. The van der Waals surface area contributed by atoms with Gasteiger partial charge in [0.1, 0.15) is 6.10 Å². The van der Waals surface area contributed by atoms with Gasteiger partial charge in [-0.3, -0.25) is 19.6 Å². The van der Waals surface area contributed by atoms with Crippen molar-refractivity contribution in [2.75, 3.05) is 30.3 Å². The van der Waals surface area contributed by atoms with Crippen LogP contribution < -0.4 is 16.0 Å². The van der Waals surface area contributed by atoms with Crippen LogP contribution in [-0.2, 0) is 14.3 Å². The summed E-state index contributed by atoms with van der Waals surface area (Å²) in [5.74, 6) is 0.544. The van der Waals surface area contributed by atoms with Gasteiger partial charge in [0.25, 0.3) is 5.91 Å². The normalized spacial score (nSPS) is 18.4. The summed E-state index contributed by atoms with van der Waals surface area (Å²) < 4.78 is 7.92. The van der Waals surface area contributed by atoms with Crippen molar-refractivity contribution in [3.63, 3.8) is 0 Å². The molecule has 0 bridgehead atoms. The number of carbonyl (C=O) groups excluding carboxylic acids is 2. The molecule has 1 aliphatic carbocycles. The predicted molar refractivity (Wildman–Crippen MR) is 138 cm³/mol. The summed E-state index contributed by atoms with van der Waals surface area (Å²) in [4.78, 5) is 31.0. The molecule has 0 unspecified atom stereocenters. The Bertz CT molecular complexity index is 1210. The third-order valence-electron chi connectivity index (χ3n) is 6.33. The Morgan fingerprint density at radius 3 is 2.53 bits per heavy atom. The molecule has 0 spiro atoms. The highest BCUT2D eigenvalue weighted by Crippen LogP contribution is 2.32. The average molecular weight is 532 g/mol. The van der Waals surface area contributed by atoms with Crippen LogP contribution >= 0.6 is 23.2 Å². The van der Waals surface area contributed by atoms with Crippen LogP contribution in [-0.4, -0.2) is 58.2 Å². The first-order valence-corrected chi connectivity index (χ1v) is 12.7. The van der Waals surface area contributed by atoms with E-state index in [0.29, 0.717) is 33.1 Å². The van der Waals surface area contributed by atoms with Gasteiger partial charge in [0.15, 0.2) is 0 Å². The first-order valence-electron chi connectivity index (χ1n) is 11.9. The number of aromatic nitrogens is 2. The van der Waals surface area contributed by atoms with E-state index in [1.807, 2.05) is 15.8 Å². The molecule has 1 aromatic heterocycles. The van der Waals surface area contributed by atoms with Gasteiger partial charge in [-0.2, -0.15) is 5.10 Å². The minimum absolute atomic E-state index is 0.0715. The van der Waals surface area contributed by atoms with Gasteiger partial charge in [-0.05, 0) is 37.8 Å². The molecule has 1 aromatic carbocycles. The number of benzene rings is 1. The lowest BCUT2D eigenvalue weighted by Gasteiger charge is -2.31. The standard InChI is InChI=1S/C24H27Cl2N7O3/c1-14(34)32-9-7-16(8-10-32)33-13-15(11-28-33)29-24-27-12-18(23(31-24)36-17-5-6-17)22(35)30-21-19(25)3-2-4-20(21)26/h2-4,11,13,16-17H,5-10,12H2,1H3,(H,30,35)(H2,27,29,31). The molecular formula is C24H27Cl2N7O3. The van der Waals surface area contributed by atoms with Crippen molar-refractivity contribution < 1.29 is 14.3 Å². The van der Waals surface area contributed by atoms with Crippen molar-refractivity contribution in [3.05, 3.63) is 52.1 Å². The minimum Gasteiger partial charge on any atom is -0.475 e. The van der Waals surface area contributed by atoms with Crippen LogP contribution in [0.25, 0.3) is 0 Å². The van der Waals surface area contributed by atoms with E-state index in [-0.39, 0.29) is 30.5 Å². The highest BCUT2D eigenvalue weighted by atomic mass is 35.5. The predicted octanol–water partition coefficient (Wildman–Crippen LogP) is 3.77. The van der Waals surface area contributed by atoms with Gasteiger partial charge in [0.05, 0.1) is 45.8 Å². The average Bonchev–Trinajstić information content (AvgIpc) is 3.56. The maximum atomic E-state index is 13.1. The Morgan fingerprint density at radius 2 is 1.86 bits per heavy atom. The number of rotatable bonds is 6. The molecule has 2 aromatic rings. The van der Waals surface area contributed by atoms with Crippen molar-refractivity contribution in [3.8, 4) is 0 Å². The Labute approximate surface area is 218 Å². The van der Waals surface area contributed by atoms with Crippen molar-refractivity contribution in [2.45, 2.75) is 44.8 Å². The number of likely N-dealkylation sites (tertiary alicyclic amines) is 1. The van der Waals surface area contributed by atoms with Crippen LogP contribution in [0.5, 0.6) is 0 Å². The van der Waals surface area contributed by atoms with Gasteiger partial charge < -0.3 is 20.3 Å². The van der Waals surface area contributed by atoms with Crippen molar-refractivity contribution in [1.82, 2.24) is 20.0 Å². The lowest BCUT2D eigenvalue weighted by Crippen LogP contribution is -2.38. The molecule has 2 fully saturated rings. The Hall–Kier alpha value is -3.24. The molecule has 36 heavy (non-hydrogen) atoms. The van der Waals surface area contributed by atoms with E-state index in [1.54, 1.807) is 31.3 Å². The van der Waals surface area contributed by atoms with E-state index < -0.39 is 0 Å². The third-order valence-corrected chi connectivity index (χ3v) is 6.96. The van der Waals surface area contributed by atoms with Crippen LogP contribution in [0.15, 0.2) is 47.0 Å². The maximum absolute atomic E-state index is 13.1. The smallest absolute Gasteiger partial charge is 0.258 e. The second-order valence-electron chi connectivity index (χ2n) is 9.04. The fraction of sp³-hybridized carbons (Fsp3) is 0.417. The molecule has 5 rings (SSSR count). The largest absolute Gasteiger partial charge is 0.475 e. The van der Waals surface area contributed by atoms with Crippen LogP contribution in [0.3, 0.4) is 0 Å². The van der Waals surface area contributed by atoms with Crippen LogP contribution in [0, 0.1) is 0 Å². The summed E-state index contributed by atoms with van der Waals surface area (Å²) in [7, 11) is 0. The minimum atomic E-state index is -0.388. The van der Waals surface area contributed by atoms with Gasteiger partial charge in [-0.25, -0.2) is 4.99 Å². The number of ether oxygens (including phenoxy) is 1. The van der Waals surface area contributed by atoms with E-state index in [0.717, 1.165) is 44.5 Å². The molecule has 1 saturated heterocycles. The zero-order valence-electron chi connectivity index (χ0n) is 19.8. The molecular weight excluding hydrogens is 505 g/mol. The Balaban J connectivity index is 1.24. The molecule has 12 heteroatoms. The first-order chi connectivity index (χ1) is 17.4. The summed E-state index contributed by atoms with van der Waals surface area (Å²) in [5, 5.41) is 14.3. The number of amides is 2. The van der Waals surface area contributed by atoms with E-state index in [2.05, 4.69) is 26.0 Å². The van der Waals surface area contributed by atoms with Crippen molar-refractivity contribution in [2.24, 2.45) is 4.99 Å². The summed E-state index contributed by atoms with van der Waals surface area (Å²) in [6.45, 7) is 3.18. The molecule has 3 N–H and O–H groups in total. The molecule has 2 aliphatic heterocycles. The summed E-state index contributed by atoms with van der Waals surface area (Å²) in [6, 6.07) is 5.26. The van der Waals surface area contributed by atoms with Crippen LogP contribution in [0.1, 0.15) is 38.6 Å². The molecule has 10 nitrogen and oxygen atoms in total. The number of guanidine groups is 1. The molecule has 1 saturated carbocycles. The zero-order chi connectivity index (χ0) is 25.2. The lowest BCUT2D eigenvalue weighted by atomic mass is 10.1. The maximum Gasteiger partial charge on any atom is 0.258 e. The van der Waals surface area contributed by atoms with Crippen molar-refractivity contribution in [1.29, 1.82) is 0 Å². The summed E-state index contributed by atoms with van der Waals surface area (Å²) >= 11 is 12.4. The molecule has 190 valence electrons. The fourth-order valence-electron chi connectivity index (χ4n) is 4.14. The monoisotopic (exact) mass is 531 g/mol. The zero-order valence-corrected chi connectivity index (χ0v) is 21.3. The molecule has 2 amide bonds. The molecule has 3 aliphatic rings. The fourth-order valence-corrected chi connectivity index (χ4v) is 4.63. The third kappa shape index (κ3) is 5.60. The molecule has 0 atom stereocenters. The Kier molecular flexibility index (Phi) is 7.06. The first kappa shape index (κ1) is 24.5. The number of hydrogen-bond donors (Lipinski definition) is 3. The number of aliphatic imine (C=N–C) groups is 1. The number of piperidine rings is 1. The van der Waals surface area contributed by atoms with Gasteiger partial charge in [0, 0.05) is 26.2 Å². The molecule has 3 heterocycles. The SMILES string of the molecule is CC(=O)N1CCC(n2cc(NC3=NCC(C(=O)Nc4c(Cl)cccc4Cl)=C(OC4CC4)N3)cn2)CC1. The number of carbonyl (C=O) groups is 2. The Morgan fingerprint density at radius 1 is 1.14 bits per heavy atom. The van der Waals surface area contributed by atoms with E-state index in [1.165, 1.54) is 0 Å². The van der Waals surface area contributed by atoms with Gasteiger partial charge in [-0.15, -0.1) is 0 Å². The highest BCUT2D eigenvalue weighted by Gasteiger charge is 2.30. The van der Waals surface area contributed by atoms with Gasteiger partial charge in [0.2, 0.25) is 17.7 Å². The van der Waals surface area contributed by atoms with Crippen molar-refractivity contribution >= 4 is 52.4 Å². The second kappa shape index (κ2) is 10.4. The van der Waals surface area contributed by atoms with E-state index in [9.17, 15) is 9.59 Å². The highest BCUT2D eigenvalue weighted by molar-refractivity contribution is 6.40. The second-order valence-corrected chi connectivity index (χ2v) is 9.85. The topological polar surface area (TPSA) is 113 Å². The number of halogens is 2. The van der Waals surface area contributed by atoms with E-state index >= 15 is 0 Å². The number of para-hydroxylation sites is 1. The lowest BCUT2D eigenvalue weighted by molar-refractivity contribution is -0.130. The van der Waals surface area contributed by atoms with Gasteiger partial charge in [-0.1, -0.05) is 29.3 Å². The number of nitrogens with one attached hydrogen (secondary N) is 3. The summed E-state index contributed by atoms with van der Waals surface area (Å²) in [5.41, 5.74) is 1.46. The van der Waals surface area contributed by atoms with Gasteiger partial charge >= 0.3 is 0 Å². The molecule has 0 radical (unpaired) electrons. The van der Waals surface area contributed by atoms with E-state index in [4.69, 9.17) is 27.9 Å².